The number of rotatable bonds is 3. The Morgan fingerprint density at radius 3 is 2.40 bits per heavy atom. The summed E-state index contributed by atoms with van der Waals surface area (Å²) in [7, 11) is 0. The normalized spacial score (nSPS) is 9.07. The van der Waals surface area contributed by atoms with Gasteiger partial charge in [0, 0.05) is 16.0 Å². The van der Waals surface area contributed by atoms with Gasteiger partial charge in [0.1, 0.15) is 0 Å². The van der Waals surface area contributed by atoms with Gasteiger partial charge in [-0.25, -0.2) is 0 Å². The number of nitrogens with zero attached hydrogens (tertiary/aromatic N) is 3. The Morgan fingerprint density at radius 2 is 1.93 bits per heavy atom. The molecule has 4 N–H and O–H groups in total. The van der Waals surface area contributed by atoms with Gasteiger partial charge in [-0.05, 0) is 23.7 Å². The number of amides is 2. The number of primary amides is 2. The van der Waals surface area contributed by atoms with Crippen LogP contribution in [-0.4, -0.2) is 11.8 Å². The van der Waals surface area contributed by atoms with E-state index in [0.717, 1.165) is 0 Å². The quantitative estimate of drug-likeness (QED) is 0.429. The summed E-state index contributed by atoms with van der Waals surface area (Å²) in [4.78, 5) is 24.2. The molecule has 2 amide bonds. The van der Waals surface area contributed by atoms with E-state index in [2.05, 4.69) is 10.0 Å². The van der Waals surface area contributed by atoms with Crippen LogP contribution >= 0.6 is 0 Å². The van der Waals surface area contributed by atoms with Crippen LogP contribution in [0.3, 0.4) is 0 Å². The molecule has 1 aromatic carbocycles. The molecule has 1 rings (SSSR count). The molecule has 0 aliphatic heterocycles. The summed E-state index contributed by atoms with van der Waals surface area (Å²) in [5, 5.41) is 3.24. The highest BCUT2D eigenvalue weighted by atomic mass is 16.1. The van der Waals surface area contributed by atoms with Crippen LogP contribution in [-0.2, 0) is 0 Å². The molecule has 1 aromatic rings. The van der Waals surface area contributed by atoms with Crippen LogP contribution in [0.1, 0.15) is 20.7 Å². The summed E-state index contributed by atoms with van der Waals surface area (Å²) < 4.78 is 0. The summed E-state index contributed by atoms with van der Waals surface area (Å²) in [6.45, 7) is 0. The van der Waals surface area contributed by atoms with Gasteiger partial charge in [-0.3, -0.25) is 9.59 Å². The standard InChI is InChI=1S/C8H7N5O2/c9-7(14)4-1-2-5(8(10)15)6(3-4)12-13-11/h1-3H,(H2,9,14)(H2,10,15). The van der Waals surface area contributed by atoms with Gasteiger partial charge in [-0.1, -0.05) is 5.11 Å². The Hall–Kier alpha value is -2.53. The molecule has 7 heteroatoms. The number of azide groups is 1. The Kier molecular flexibility index (Phi) is 2.90. The monoisotopic (exact) mass is 205 g/mol. The van der Waals surface area contributed by atoms with Crippen LogP contribution in [0.25, 0.3) is 10.4 Å². The van der Waals surface area contributed by atoms with E-state index in [0.29, 0.717) is 0 Å². The maximum absolute atomic E-state index is 10.9. The minimum Gasteiger partial charge on any atom is -0.366 e. The Bertz CT molecular complexity index is 476. The largest absolute Gasteiger partial charge is 0.366 e. The molecule has 0 bridgehead atoms. The Labute approximate surface area is 84.3 Å². The maximum atomic E-state index is 10.9. The van der Waals surface area contributed by atoms with E-state index in [4.69, 9.17) is 17.0 Å². The van der Waals surface area contributed by atoms with Gasteiger partial charge in [0.15, 0.2) is 0 Å². The van der Waals surface area contributed by atoms with E-state index in [9.17, 15) is 9.59 Å². The molecule has 0 saturated heterocycles. The fourth-order valence-electron chi connectivity index (χ4n) is 1.02. The van der Waals surface area contributed by atoms with Gasteiger partial charge >= 0.3 is 0 Å². The third kappa shape index (κ3) is 2.23. The SMILES string of the molecule is [N-]=[N+]=Nc1cc(C(N)=O)ccc1C(N)=O. The smallest absolute Gasteiger partial charge is 0.249 e. The van der Waals surface area contributed by atoms with Crippen LogP contribution in [0.4, 0.5) is 5.69 Å². The molecular weight excluding hydrogens is 198 g/mol. The maximum Gasteiger partial charge on any atom is 0.249 e. The van der Waals surface area contributed by atoms with E-state index >= 15 is 0 Å². The summed E-state index contributed by atoms with van der Waals surface area (Å²) >= 11 is 0. The molecule has 0 aliphatic rings. The van der Waals surface area contributed by atoms with Gasteiger partial charge in [0.05, 0.1) is 5.69 Å². The Balaban J connectivity index is 3.39. The zero-order valence-corrected chi connectivity index (χ0v) is 7.54. The summed E-state index contributed by atoms with van der Waals surface area (Å²) in [5.41, 5.74) is 18.5. The highest BCUT2D eigenvalue weighted by Gasteiger charge is 2.09. The molecular formula is C8H7N5O2. The average molecular weight is 205 g/mol. The third-order valence-corrected chi connectivity index (χ3v) is 1.70. The van der Waals surface area contributed by atoms with Crippen molar-refractivity contribution in [3.63, 3.8) is 0 Å². The lowest BCUT2D eigenvalue weighted by Gasteiger charge is -2.02. The first-order valence-corrected chi connectivity index (χ1v) is 3.85. The lowest BCUT2D eigenvalue weighted by molar-refractivity contribution is 0.0989. The second-order valence-corrected chi connectivity index (χ2v) is 2.65. The molecule has 0 saturated carbocycles. The zero-order chi connectivity index (χ0) is 11.4. The summed E-state index contributed by atoms with van der Waals surface area (Å²) in [6.07, 6.45) is 0. The third-order valence-electron chi connectivity index (χ3n) is 1.70. The molecule has 0 radical (unpaired) electrons. The minimum absolute atomic E-state index is 0.0127. The van der Waals surface area contributed by atoms with E-state index < -0.39 is 11.8 Å². The van der Waals surface area contributed by atoms with Crippen LogP contribution in [0, 0.1) is 0 Å². The second kappa shape index (κ2) is 4.12. The van der Waals surface area contributed by atoms with Crippen molar-refractivity contribution in [1.82, 2.24) is 0 Å². The Morgan fingerprint density at radius 1 is 1.27 bits per heavy atom. The molecule has 15 heavy (non-hydrogen) atoms. The first kappa shape index (κ1) is 10.6. The highest BCUT2D eigenvalue weighted by Crippen LogP contribution is 2.20. The van der Waals surface area contributed by atoms with Crippen molar-refractivity contribution in [3.05, 3.63) is 39.8 Å². The lowest BCUT2D eigenvalue weighted by atomic mass is 10.1. The fraction of sp³-hybridized carbons (Fsp3) is 0. The predicted molar refractivity (Wildman–Crippen MR) is 52.3 cm³/mol. The van der Waals surface area contributed by atoms with Crippen molar-refractivity contribution >= 4 is 17.5 Å². The molecule has 7 nitrogen and oxygen atoms in total. The highest BCUT2D eigenvalue weighted by molar-refractivity contribution is 6.00. The molecule has 0 fully saturated rings. The van der Waals surface area contributed by atoms with Crippen LogP contribution in [0.5, 0.6) is 0 Å². The van der Waals surface area contributed by atoms with Crippen molar-refractivity contribution < 1.29 is 9.59 Å². The number of carbonyl (C=O) groups excluding carboxylic acids is 2. The number of carbonyl (C=O) groups is 2. The van der Waals surface area contributed by atoms with Crippen molar-refractivity contribution in [2.75, 3.05) is 0 Å². The molecule has 0 unspecified atom stereocenters. The van der Waals surface area contributed by atoms with E-state index in [1.807, 2.05) is 0 Å². The van der Waals surface area contributed by atoms with E-state index in [1.165, 1.54) is 18.2 Å². The van der Waals surface area contributed by atoms with E-state index in [-0.39, 0.29) is 16.8 Å². The molecule has 0 spiro atoms. The molecule has 0 aromatic heterocycles. The summed E-state index contributed by atoms with van der Waals surface area (Å²) in [5.74, 6) is -1.42. The molecule has 0 heterocycles. The van der Waals surface area contributed by atoms with Gasteiger partial charge in [0.25, 0.3) is 0 Å². The molecule has 0 aliphatic carbocycles. The fourth-order valence-corrected chi connectivity index (χ4v) is 1.02. The van der Waals surface area contributed by atoms with Crippen molar-refractivity contribution in [3.8, 4) is 0 Å². The van der Waals surface area contributed by atoms with Crippen molar-refractivity contribution in [2.45, 2.75) is 0 Å². The van der Waals surface area contributed by atoms with Crippen molar-refractivity contribution in [1.29, 1.82) is 0 Å². The van der Waals surface area contributed by atoms with E-state index in [1.54, 1.807) is 0 Å². The number of benzene rings is 1. The number of nitrogens with two attached hydrogens (primary N) is 2. The van der Waals surface area contributed by atoms with Crippen molar-refractivity contribution in [2.24, 2.45) is 16.6 Å². The molecule has 76 valence electrons. The van der Waals surface area contributed by atoms with Crippen LogP contribution < -0.4 is 11.5 Å². The number of hydrogen-bond acceptors (Lipinski definition) is 3. The van der Waals surface area contributed by atoms with Crippen LogP contribution in [0.2, 0.25) is 0 Å². The molecule has 0 atom stereocenters. The van der Waals surface area contributed by atoms with Gasteiger partial charge in [-0.2, -0.15) is 0 Å². The second-order valence-electron chi connectivity index (χ2n) is 2.65. The zero-order valence-electron chi connectivity index (χ0n) is 7.54. The predicted octanol–water partition coefficient (Wildman–Crippen LogP) is 0.826. The van der Waals surface area contributed by atoms with Gasteiger partial charge in [-0.15, -0.1) is 0 Å². The number of hydrogen-bond donors (Lipinski definition) is 2. The summed E-state index contributed by atoms with van der Waals surface area (Å²) in [6, 6.07) is 3.83. The topological polar surface area (TPSA) is 135 Å². The van der Waals surface area contributed by atoms with Gasteiger partial charge in [0.2, 0.25) is 11.8 Å². The van der Waals surface area contributed by atoms with Gasteiger partial charge < -0.3 is 11.5 Å². The lowest BCUT2D eigenvalue weighted by Crippen LogP contribution is -2.14. The average Bonchev–Trinajstić information content (AvgIpc) is 2.17. The van der Waals surface area contributed by atoms with Crippen LogP contribution in [0.15, 0.2) is 23.3 Å². The first-order chi connectivity index (χ1) is 7.06. The minimum atomic E-state index is -0.742. The first-order valence-electron chi connectivity index (χ1n) is 3.85.